The third-order valence-electron chi connectivity index (χ3n) is 3.00. The summed E-state index contributed by atoms with van der Waals surface area (Å²) in [6.45, 7) is 5.59. The van der Waals surface area contributed by atoms with Gasteiger partial charge in [-0.3, -0.25) is 0 Å². The zero-order valence-electron chi connectivity index (χ0n) is 9.66. The second kappa shape index (κ2) is 4.52. The normalized spacial score (nSPS) is 11.1. The third kappa shape index (κ3) is 2.06. The Morgan fingerprint density at radius 3 is 2.73 bits per heavy atom. The first kappa shape index (κ1) is 10.3. The Hall–Kier alpha value is -1.24. The third-order valence-corrected chi connectivity index (χ3v) is 3.00. The van der Waals surface area contributed by atoms with Gasteiger partial charge in [0, 0.05) is 18.3 Å². The maximum Gasteiger partial charge on any atom is 0.0483 e. The summed E-state index contributed by atoms with van der Waals surface area (Å²) in [5.41, 5.74) is 2.82. The quantitative estimate of drug-likeness (QED) is 0.704. The summed E-state index contributed by atoms with van der Waals surface area (Å²) >= 11 is 0. The molecule has 0 unspecified atom stereocenters. The van der Waals surface area contributed by atoms with Gasteiger partial charge in [-0.15, -0.1) is 0 Å². The Morgan fingerprint density at radius 1 is 1.13 bits per heavy atom. The minimum Gasteiger partial charge on any atom is -0.347 e. The van der Waals surface area contributed by atoms with Crippen LogP contribution in [0.2, 0.25) is 0 Å². The van der Waals surface area contributed by atoms with E-state index in [1.54, 1.807) is 0 Å². The SMILES string of the molecule is CCCCn1ccc2ccc(CC)cc21. The highest BCUT2D eigenvalue weighted by atomic mass is 14.9. The lowest BCUT2D eigenvalue weighted by atomic mass is 10.1. The maximum absolute atomic E-state index is 2.37. The Morgan fingerprint density at radius 2 is 2.00 bits per heavy atom. The van der Waals surface area contributed by atoms with E-state index in [1.165, 1.54) is 29.3 Å². The number of hydrogen-bond donors (Lipinski definition) is 0. The molecule has 0 bridgehead atoms. The smallest absolute Gasteiger partial charge is 0.0483 e. The topological polar surface area (TPSA) is 4.93 Å². The molecule has 0 N–H and O–H groups in total. The van der Waals surface area contributed by atoms with Gasteiger partial charge < -0.3 is 4.57 Å². The molecule has 1 heteroatoms. The van der Waals surface area contributed by atoms with Crippen LogP contribution < -0.4 is 0 Å². The van der Waals surface area contributed by atoms with Crippen LogP contribution in [-0.4, -0.2) is 4.57 Å². The number of rotatable bonds is 4. The van der Waals surface area contributed by atoms with E-state index in [2.05, 4.69) is 48.9 Å². The molecule has 0 saturated carbocycles. The molecule has 2 aromatic rings. The van der Waals surface area contributed by atoms with E-state index in [9.17, 15) is 0 Å². The average Bonchev–Trinajstić information content (AvgIpc) is 2.68. The fourth-order valence-electron chi connectivity index (χ4n) is 1.97. The molecule has 2 rings (SSSR count). The van der Waals surface area contributed by atoms with E-state index in [0.29, 0.717) is 0 Å². The molecule has 0 atom stereocenters. The van der Waals surface area contributed by atoms with Gasteiger partial charge in [-0.25, -0.2) is 0 Å². The van der Waals surface area contributed by atoms with Crippen LogP contribution in [0.3, 0.4) is 0 Å². The van der Waals surface area contributed by atoms with Crippen molar-refractivity contribution in [2.24, 2.45) is 0 Å². The molecular formula is C14H19N. The number of hydrogen-bond acceptors (Lipinski definition) is 0. The van der Waals surface area contributed by atoms with Crippen LogP contribution in [0.15, 0.2) is 30.5 Å². The number of nitrogens with zero attached hydrogens (tertiary/aromatic N) is 1. The molecule has 0 aliphatic heterocycles. The van der Waals surface area contributed by atoms with E-state index in [0.717, 1.165) is 13.0 Å². The lowest BCUT2D eigenvalue weighted by Gasteiger charge is -2.05. The Balaban J connectivity index is 2.38. The van der Waals surface area contributed by atoms with Gasteiger partial charge in [0.25, 0.3) is 0 Å². The fraction of sp³-hybridized carbons (Fsp3) is 0.429. The van der Waals surface area contributed by atoms with Crippen LogP contribution in [0.25, 0.3) is 10.9 Å². The van der Waals surface area contributed by atoms with Crippen molar-refractivity contribution in [2.45, 2.75) is 39.7 Å². The highest BCUT2D eigenvalue weighted by Crippen LogP contribution is 2.18. The van der Waals surface area contributed by atoms with Crippen molar-refractivity contribution >= 4 is 10.9 Å². The summed E-state index contributed by atoms with van der Waals surface area (Å²) in [6, 6.07) is 9.00. The van der Waals surface area contributed by atoms with Crippen molar-refractivity contribution in [2.75, 3.05) is 0 Å². The molecule has 0 spiro atoms. The molecule has 0 saturated heterocycles. The van der Waals surface area contributed by atoms with Crippen LogP contribution in [0, 0.1) is 0 Å². The van der Waals surface area contributed by atoms with Gasteiger partial charge in [-0.1, -0.05) is 32.4 Å². The molecule has 1 aromatic carbocycles. The molecule has 0 amide bonds. The van der Waals surface area contributed by atoms with Crippen molar-refractivity contribution in [3.63, 3.8) is 0 Å². The predicted octanol–water partition coefficient (Wildman–Crippen LogP) is 4.00. The first-order valence-electron chi connectivity index (χ1n) is 5.93. The fourth-order valence-corrected chi connectivity index (χ4v) is 1.97. The monoisotopic (exact) mass is 201 g/mol. The number of unbranched alkanes of at least 4 members (excludes halogenated alkanes) is 1. The van der Waals surface area contributed by atoms with E-state index >= 15 is 0 Å². The number of aryl methyl sites for hydroxylation is 2. The molecule has 0 radical (unpaired) electrons. The molecule has 1 heterocycles. The van der Waals surface area contributed by atoms with Crippen molar-refractivity contribution in [1.82, 2.24) is 4.57 Å². The molecule has 0 fully saturated rings. The Labute approximate surface area is 91.7 Å². The van der Waals surface area contributed by atoms with Gasteiger partial charge in [0.2, 0.25) is 0 Å². The molecule has 80 valence electrons. The highest BCUT2D eigenvalue weighted by molar-refractivity contribution is 5.80. The van der Waals surface area contributed by atoms with Crippen LogP contribution >= 0.6 is 0 Å². The van der Waals surface area contributed by atoms with E-state index in [1.807, 2.05) is 0 Å². The number of benzene rings is 1. The molecule has 0 aliphatic carbocycles. The van der Waals surface area contributed by atoms with Crippen LogP contribution in [0.4, 0.5) is 0 Å². The molecular weight excluding hydrogens is 182 g/mol. The number of aromatic nitrogens is 1. The van der Waals surface area contributed by atoms with Gasteiger partial charge >= 0.3 is 0 Å². The summed E-state index contributed by atoms with van der Waals surface area (Å²) in [5, 5.41) is 1.36. The summed E-state index contributed by atoms with van der Waals surface area (Å²) < 4.78 is 2.37. The minimum absolute atomic E-state index is 1.12. The Kier molecular flexibility index (Phi) is 3.10. The van der Waals surface area contributed by atoms with Crippen LogP contribution in [-0.2, 0) is 13.0 Å². The van der Waals surface area contributed by atoms with Crippen molar-refractivity contribution in [3.05, 3.63) is 36.0 Å². The first-order chi connectivity index (χ1) is 7.35. The standard InChI is InChI=1S/C14H19N/c1-3-5-9-15-10-8-13-7-6-12(4-2)11-14(13)15/h6-8,10-11H,3-5,9H2,1-2H3. The zero-order valence-corrected chi connectivity index (χ0v) is 9.66. The predicted molar refractivity (Wildman–Crippen MR) is 66.2 cm³/mol. The largest absolute Gasteiger partial charge is 0.347 e. The summed E-state index contributed by atoms with van der Waals surface area (Å²) in [7, 11) is 0. The summed E-state index contributed by atoms with van der Waals surface area (Å²) in [4.78, 5) is 0. The maximum atomic E-state index is 2.37. The summed E-state index contributed by atoms with van der Waals surface area (Å²) in [6.07, 6.45) is 5.85. The van der Waals surface area contributed by atoms with Crippen molar-refractivity contribution < 1.29 is 0 Å². The first-order valence-corrected chi connectivity index (χ1v) is 5.93. The van der Waals surface area contributed by atoms with Crippen LogP contribution in [0.1, 0.15) is 32.3 Å². The van der Waals surface area contributed by atoms with E-state index in [-0.39, 0.29) is 0 Å². The average molecular weight is 201 g/mol. The molecule has 0 aliphatic rings. The molecule has 15 heavy (non-hydrogen) atoms. The van der Waals surface area contributed by atoms with Crippen molar-refractivity contribution in [1.29, 1.82) is 0 Å². The Bertz CT molecular complexity index is 440. The van der Waals surface area contributed by atoms with Gasteiger partial charge in [-0.2, -0.15) is 0 Å². The van der Waals surface area contributed by atoms with Gasteiger partial charge in [-0.05, 0) is 35.9 Å². The second-order valence-corrected chi connectivity index (χ2v) is 4.11. The molecule has 1 aromatic heterocycles. The van der Waals surface area contributed by atoms with Crippen molar-refractivity contribution in [3.8, 4) is 0 Å². The van der Waals surface area contributed by atoms with E-state index in [4.69, 9.17) is 0 Å². The van der Waals surface area contributed by atoms with Gasteiger partial charge in [0.15, 0.2) is 0 Å². The van der Waals surface area contributed by atoms with E-state index < -0.39 is 0 Å². The minimum atomic E-state index is 1.12. The van der Waals surface area contributed by atoms with Crippen LogP contribution in [0.5, 0.6) is 0 Å². The highest BCUT2D eigenvalue weighted by Gasteiger charge is 2.00. The summed E-state index contributed by atoms with van der Waals surface area (Å²) in [5.74, 6) is 0. The van der Waals surface area contributed by atoms with Gasteiger partial charge in [0.1, 0.15) is 0 Å². The lowest BCUT2D eigenvalue weighted by Crippen LogP contribution is -1.95. The molecule has 1 nitrogen and oxygen atoms in total. The van der Waals surface area contributed by atoms with Gasteiger partial charge in [0.05, 0.1) is 0 Å². The number of fused-ring (bicyclic) bond motifs is 1. The zero-order chi connectivity index (χ0) is 10.7. The second-order valence-electron chi connectivity index (χ2n) is 4.11. The lowest BCUT2D eigenvalue weighted by molar-refractivity contribution is 0.650.